The number of hydrogen-bond donors (Lipinski definition) is 2. The summed E-state index contributed by atoms with van der Waals surface area (Å²) in [7, 11) is 3.67. The van der Waals surface area contributed by atoms with E-state index in [-0.39, 0.29) is 11.9 Å². The molecule has 1 aromatic rings. The van der Waals surface area contributed by atoms with E-state index in [0.29, 0.717) is 11.3 Å². The number of benzene rings is 1. The van der Waals surface area contributed by atoms with Gasteiger partial charge in [0, 0.05) is 30.9 Å². The van der Waals surface area contributed by atoms with Crippen molar-refractivity contribution in [3.63, 3.8) is 0 Å². The highest BCUT2D eigenvalue weighted by atomic mass is 16.2. The molecule has 0 aliphatic rings. The van der Waals surface area contributed by atoms with Crippen molar-refractivity contribution >= 4 is 11.6 Å². The SMILES string of the molecule is CNCC(C)N(C)C(=O)c1cccc(N)c1. The standard InChI is InChI=1S/C12H19N3O/c1-9(8-14-2)15(3)12(16)10-5-4-6-11(13)7-10/h4-7,9,14H,8,13H2,1-3H3. The molecule has 1 aromatic carbocycles. The number of nitrogens with zero attached hydrogens (tertiary/aromatic N) is 1. The Bertz CT molecular complexity index is 365. The zero-order valence-corrected chi connectivity index (χ0v) is 10.0. The Balaban J connectivity index is 2.77. The van der Waals surface area contributed by atoms with Gasteiger partial charge in [0.2, 0.25) is 0 Å². The van der Waals surface area contributed by atoms with Crippen LogP contribution in [0.1, 0.15) is 17.3 Å². The number of nitrogens with two attached hydrogens (primary N) is 1. The molecule has 0 saturated heterocycles. The van der Waals surface area contributed by atoms with Gasteiger partial charge in [0.1, 0.15) is 0 Å². The van der Waals surface area contributed by atoms with Crippen molar-refractivity contribution < 1.29 is 4.79 Å². The summed E-state index contributed by atoms with van der Waals surface area (Å²) in [6.07, 6.45) is 0. The van der Waals surface area contributed by atoms with Gasteiger partial charge in [-0.3, -0.25) is 4.79 Å². The van der Waals surface area contributed by atoms with Crippen LogP contribution in [0.2, 0.25) is 0 Å². The van der Waals surface area contributed by atoms with E-state index in [9.17, 15) is 4.79 Å². The smallest absolute Gasteiger partial charge is 0.253 e. The molecule has 0 spiro atoms. The van der Waals surface area contributed by atoms with E-state index in [1.54, 1.807) is 36.2 Å². The Kier molecular flexibility index (Phi) is 4.31. The summed E-state index contributed by atoms with van der Waals surface area (Å²) in [4.78, 5) is 13.8. The molecule has 0 radical (unpaired) electrons. The van der Waals surface area contributed by atoms with Gasteiger partial charge in [0.05, 0.1) is 0 Å². The van der Waals surface area contributed by atoms with E-state index >= 15 is 0 Å². The van der Waals surface area contributed by atoms with Crippen LogP contribution in [0.5, 0.6) is 0 Å². The van der Waals surface area contributed by atoms with Crippen LogP contribution >= 0.6 is 0 Å². The molecule has 0 aliphatic heterocycles. The molecular formula is C12H19N3O. The van der Waals surface area contributed by atoms with Crippen LogP contribution in [0.4, 0.5) is 5.69 Å². The second kappa shape index (κ2) is 5.51. The van der Waals surface area contributed by atoms with Crippen LogP contribution in [0, 0.1) is 0 Å². The average molecular weight is 221 g/mol. The molecule has 1 atom stereocenters. The van der Waals surface area contributed by atoms with Crippen LogP contribution in [-0.4, -0.2) is 37.5 Å². The van der Waals surface area contributed by atoms with Crippen molar-refractivity contribution in [3.05, 3.63) is 29.8 Å². The fraction of sp³-hybridized carbons (Fsp3) is 0.417. The van der Waals surface area contributed by atoms with Gasteiger partial charge < -0.3 is 16.0 Å². The number of nitrogen functional groups attached to an aromatic ring is 1. The van der Waals surface area contributed by atoms with Gasteiger partial charge in [0.15, 0.2) is 0 Å². The quantitative estimate of drug-likeness (QED) is 0.744. The van der Waals surface area contributed by atoms with Gasteiger partial charge in [-0.25, -0.2) is 0 Å². The minimum atomic E-state index is -0.00458. The average Bonchev–Trinajstić information content (AvgIpc) is 2.27. The summed E-state index contributed by atoms with van der Waals surface area (Å²) < 4.78 is 0. The summed E-state index contributed by atoms with van der Waals surface area (Å²) in [5, 5.41) is 3.05. The molecule has 0 fully saturated rings. The fourth-order valence-corrected chi connectivity index (χ4v) is 1.51. The number of likely N-dealkylation sites (N-methyl/N-ethyl adjacent to an activating group) is 2. The number of amides is 1. The largest absolute Gasteiger partial charge is 0.399 e. The minimum Gasteiger partial charge on any atom is -0.399 e. The summed E-state index contributed by atoms with van der Waals surface area (Å²) >= 11 is 0. The lowest BCUT2D eigenvalue weighted by molar-refractivity contribution is 0.0744. The lowest BCUT2D eigenvalue weighted by Gasteiger charge is -2.24. The van der Waals surface area contributed by atoms with Crippen molar-refractivity contribution in [2.45, 2.75) is 13.0 Å². The minimum absolute atomic E-state index is 0.00458. The first-order chi connectivity index (χ1) is 7.56. The first kappa shape index (κ1) is 12.5. The van der Waals surface area contributed by atoms with E-state index in [2.05, 4.69) is 5.32 Å². The Morgan fingerprint density at radius 1 is 1.56 bits per heavy atom. The third-order valence-corrected chi connectivity index (χ3v) is 2.61. The van der Waals surface area contributed by atoms with Crippen molar-refractivity contribution in [1.29, 1.82) is 0 Å². The van der Waals surface area contributed by atoms with Gasteiger partial charge in [0.25, 0.3) is 5.91 Å². The molecule has 1 unspecified atom stereocenters. The van der Waals surface area contributed by atoms with Crippen molar-refractivity contribution in [2.75, 3.05) is 26.4 Å². The van der Waals surface area contributed by atoms with E-state index in [0.717, 1.165) is 6.54 Å². The highest BCUT2D eigenvalue weighted by molar-refractivity contribution is 5.95. The van der Waals surface area contributed by atoms with E-state index in [1.165, 1.54) is 0 Å². The van der Waals surface area contributed by atoms with E-state index < -0.39 is 0 Å². The maximum atomic E-state index is 12.1. The lowest BCUT2D eigenvalue weighted by Crippen LogP contribution is -2.40. The number of nitrogens with one attached hydrogen (secondary N) is 1. The molecule has 3 N–H and O–H groups in total. The van der Waals surface area contributed by atoms with Gasteiger partial charge in [-0.2, -0.15) is 0 Å². The first-order valence-corrected chi connectivity index (χ1v) is 5.33. The maximum Gasteiger partial charge on any atom is 0.253 e. The van der Waals surface area contributed by atoms with Crippen molar-refractivity contribution in [2.24, 2.45) is 0 Å². The van der Waals surface area contributed by atoms with Crippen LogP contribution in [0.3, 0.4) is 0 Å². The molecule has 4 nitrogen and oxygen atoms in total. The Morgan fingerprint density at radius 3 is 2.81 bits per heavy atom. The topological polar surface area (TPSA) is 58.4 Å². The molecule has 88 valence electrons. The molecule has 0 aromatic heterocycles. The number of carbonyl (C=O) groups is 1. The van der Waals surface area contributed by atoms with Crippen LogP contribution in [0.15, 0.2) is 24.3 Å². The predicted octanol–water partition coefficient (Wildman–Crippen LogP) is 0.949. The van der Waals surface area contributed by atoms with Crippen LogP contribution in [-0.2, 0) is 0 Å². The Hall–Kier alpha value is -1.55. The molecule has 1 amide bonds. The van der Waals surface area contributed by atoms with Gasteiger partial charge >= 0.3 is 0 Å². The molecular weight excluding hydrogens is 202 g/mol. The predicted molar refractivity (Wildman–Crippen MR) is 66.3 cm³/mol. The molecule has 16 heavy (non-hydrogen) atoms. The summed E-state index contributed by atoms with van der Waals surface area (Å²) in [5.74, 6) is -0.00458. The zero-order chi connectivity index (χ0) is 12.1. The number of hydrogen-bond acceptors (Lipinski definition) is 3. The third kappa shape index (κ3) is 2.97. The highest BCUT2D eigenvalue weighted by Gasteiger charge is 2.16. The lowest BCUT2D eigenvalue weighted by atomic mass is 10.1. The van der Waals surface area contributed by atoms with Crippen LogP contribution < -0.4 is 11.1 Å². The van der Waals surface area contributed by atoms with E-state index in [1.807, 2.05) is 14.0 Å². The Labute approximate surface area is 96.4 Å². The second-order valence-electron chi connectivity index (χ2n) is 3.95. The van der Waals surface area contributed by atoms with Crippen molar-refractivity contribution in [3.8, 4) is 0 Å². The normalized spacial score (nSPS) is 12.2. The van der Waals surface area contributed by atoms with E-state index in [4.69, 9.17) is 5.73 Å². The maximum absolute atomic E-state index is 12.1. The third-order valence-electron chi connectivity index (χ3n) is 2.61. The summed E-state index contributed by atoms with van der Waals surface area (Å²) in [5.41, 5.74) is 6.89. The molecule has 0 aliphatic carbocycles. The van der Waals surface area contributed by atoms with Gasteiger partial charge in [-0.15, -0.1) is 0 Å². The first-order valence-electron chi connectivity index (χ1n) is 5.33. The molecule has 0 heterocycles. The van der Waals surface area contributed by atoms with Crippen LogP contribution in [0.25, 0.3) is 0 Å². The molecule has 0 saturated carbocycles. The number of rotatable bonds is 4. The number of anilines is 1. The van der Waals surface area contributed by atoms with Gasteiger partial charge in [-0.1, -0.05) is 6.07 Å². The molecule has 1 rings (SSSR count). The monoisotopic (exact) mass is 221 g/mol. The highest BCUT2D eigenvalue weighted by Crippen LogP contribution is 2.10. The van der Waals surface area contributed by atoms with Crippen molar-refractivity contribution in [1.82, 2.24) is 10.2 Å². The zero-order valence-electron chi connectivity index (χ0n) is 10.0. The summed E-state index contributed by atoms with van der Waals surface area (Å²) in [6, 6.07) is 7.19. The Morgan fingerprint density at radius 2 is 2.25 bits per heavy atom. The van der Waals surface area contributed by atoms with Gasteiger partial charge in [-0.05, 0) is 32.2 Å². The number of carbonyl (C=O) groups excluding carboxylic acids is 1. The molecule has 4 heteroatoms. The summed E-state index contributed by atoms with van der Waals surface area (Å²) in [6.45, 7) is 2.77. The fourth-order valence-electron chi connectivity index (χ4n) is 1.51. The second-order valence-corrected chi connectivity index (χ2v) is 3.95. The molecule has 0 bridgehead atoms.